The molecule has 5 nitrogen and oxygen atoms in total. The molecule has 1 aromatic rings. The van der Waals surface area contributed by atoms with E-state index in [1.807, 2.05) is 18.2 Å². The van der Waals surface area contributed by atoms with Crippen LogP contribution in [-0.2, 0) is 6.42 Å². The Morgan fingerprint density at radius 3 is 2.71 bits per heavy atom. The van der Waals surface area contributed by atoms with E-state index in [0.717, 1.165) is 38.3 Å². The minimum absolute atomic E-state index is 0.283. The molecule has 0 aromatic heterocycles. The number of piperazine rings is 1. The van der Waals surface area contributed by atoms with Gasteiger partial charge in [-0.3, -0.25) is 4.90 Å². The van der Waals surface area contributed by atoms with Crippen LogP contribution in [-0.4, -0.2) is 62.6 Å². The van der Waals surface area contributed by atoms with Crippen molar-refractivity contribution < 1.29 is 14.6 Å². The van der Waals surface area contributed by atoms with E-state index in [0.29, 0.717) is 12.3 Å². The number of ether oxygens (including phenoxy) is 2. The number of hydrogen-bond acceptors (Lipinski definition) is 5. The Labute approximate surface area is 126 Å². The average molecular weight is 294 g/mol. The summed E-state index contributed by atoms with van der Waals surface area (Å²) in [5.41, 5.74) is 1.21. The molecule has 1 aromatic carbocycles. The molecule has 1 saturated heterocycles. The second-order valence-electron chi connectivity index (χ2n) is 5.35. The molecule has 5 heteroatoms. The first-order valence-corrected chi connectivity index (χ1v) is 7.63. The highest BCUT2D eigenvalue weighted by atomic mass is 16.5. The van der Waals surface area contributed by atoms with Crippen molar-refractivity contribution in [2.75, 3.05) is 46.4 Å². The van der Waals surface area contributed by atoms with Gasteiger partial charge in [-0.05, 0) is 24.1 Å². The number of nitrogens with one attached hydrogen (secondary N) is 1. The first-order chi connectivity index (χ1) is 10.2. The molecule has 1 aliphatic rings. The molecule has 1 atom stereocenters. The van der Waals surface area contributed by atoms with Crippen LogP contribution in [0.5, 0.6) is 11.5 Å². The molecule has 1 heterocycles. The van der Waals surface area contributed by atoms with E-state index in [1.165, 1.54) is 5.56 Å². The Kier molecular flexibility index (Phi) is 6.29. The molecule has 1 aliphatic heterocycles. The summed E-state index contributed by atoms with van der Waals surface area (Å²) in [5.74, 6) is 1.41. The van der Waals surface area contributed by atoms with Crippen LogP contribution in [0.15, 0.2) is 18.2 Å². The monoisotopic (exact) mass is 294 g/mol. The predicted molar refractivity (Wildman–Crippen MR) is 83.2 cm³/mol. The molecule has 0 saturated carbocycles. The van der Waals surface area contributed by atoms with Crippen LogP contribution in [0.4, 0.5) is 0 Å². The Hall–Kier alpha value is -1.30. The van der Waals surface area contributed by atoms with E-state index >= 15 is 0 Å². The largest absolute Gasteiger partial charge is 0.493 e. The molecule has 0 spiro atoms. The lowest BCUT2D eigenvalue weighted by molar-refractivity contribution is 0.0632. The summed E-state index contributed by atoms with van der Waals surface area (Å²) in [5, 5.41) is 13.4. The minimum Gasteiger partial charge on any atom is -0.493 e. The Morgan fingerprint density at radius 1 is 1.29 bits per heavy atom. The Balaban J connectivity index is 1.83. The fraction of sp³-hybridized carbons (Fsp3) is 0.625. The lowest BCUT2D eigenvalue weighted by Crippen LogP contribution is -2.47. The molecule has 2 rings (SSSR count). The molecule has 0 bridgehead atoms. The zero-order valence-electron chi connectivity index (χ0n) is 13.0. The maximum atomic E-state index is 10.1. The van der Waals surface area contributed by atoms with Crippen molar-refractivity contribution in [3.63, 3.8) is 0 Å². The van der Waals surface area contributed by atoms with Crippen molar-refractivity contribution in [2.45, 2.75) is 19.4 Å². The third kappa shape index (κ3) is 4.88. The summed E-state index contributed by atoms with van der Waals surface area (Å²) in [4.78, 5) is 2.25. The third-order valence-electron chi connectivity index (χ3n) is 3.75. The number of aliphatic hydroxyl groups is 1. The standard InChI is InChI=1S/C16H26N2O3/c1-3-13-4-5-15(16(10-13)20-2)21-12-14(19)11-18-8-6-17-7-9-18/h4-5,10,14,17,19H,3,6-9,11-12H2,1-2H3. The Morgan fingerprint density at radius 2 is 2.05 bits per heavy atom. The van der Waals surface area contributed by atoms with Crippen LogP contribution in [0, 0.1) is 0 Å². The van der Waals surface area contributed by atoms with Gasteiger partial charge in [0.25, 0.3) is 0 Å². The van der Waals surface area contributed by atoms with Gasteiger partial charge in [0.1, 0.15) is 12.7 Å². The van der Waals surface area contributed by atoms with Gasteiger partial charge in [-0.2, -0.15) is 0 Å². The van der Waals surface area contributed by atoms with Crippen molar-refractivity contribution in [1.82, 2.24) is 10.2 Å². The fourth-order valence-corrected chi connectivity index (χ4v) is 2.48. The maximum absolute atomic E-state index is 10.1. The van der Waals surface area contributed by atoms with E-state index in [4.69, 9.17) is 9.47 Å². The minimum atomic E-state index is -0.487. The first kappa shape index (κ1) is 16.1. The van der Waals surface area contributed by atoms with Crippen molar-refractivity contribution in [1.29, 1.82) is 0 Å². The Bertz CT molecular complexity index is 434. The van der Waals surface area contributed by atoms with Crippen LogP contribution >= 0.6 is 0 Å². The molecule has 0 radical (unpaired) electrons. The lowest BCUT2D eigenvalue weighted by atomic mass is 10.1. The zero-order valence-corrected chi connectivity index (χ0v) is 13.0. The number of hydrogen-bond donors (Lipinski definition) is 2. The van der Waals surface area contributed by atoms with Crippen LogP contribution in [0.3, 0.4) is 0 Å². The van der Waals surface area contributed by atoms with E-state index < -0.39 is 6.10 Å². The van der Waals surface area contributed by atoms with Crippen LogP contribution in [0.25, 0.3) is 0 Å². The van der Waals surface area contributed by atoms with Gasteiger partial charge in [-0.25, -0.2) is 0 Å². The van der Waals surface area contributed by atoms with E-state index in [2.05, 4.69) is 17.1 Å². The number of benzene rings is 1. The molecular weight excluding hydrogens is 268 g/mol. The number of aryl methyl sites for hydroxylation is 1. The second kappa shape index (κ2) is 8.22. The van der Waals surface area contributed by atoms with Gasteiger partial charge in [0.05, 0.1) is 7.11 Å². The quantitative estimate of drug-likeness (QED) is 0.783. The average Bonchev–Trinajstić information content (AvgIpc) is 2.53. The van der Waals surface area contributed by atoms with Gasteiger partial charge in [0.15, 0.2) is 11.5 Å². The molecule has 0 aliphatic carbocycles. The van der Waals surface area contributed by atoms with Gasteiger partial charge in [0.2, 0.25) is 0 Å². The lowest BCUT2D eigenvalue weighted by Gasteiger charge is -2.29. The number of methoxy groups -OCH3 is 1. The summed E-state index contributed by atoms with van der Waals surface area (Å²) in [7, 11) is 1.64. The summed E-state index contributed by atoms with van der Waals surface area (Å²) >= 11 is 0. The first-order valence-electron chi connectivity index (χ1n) is 7.63. The topological polar surface area (TPSA) is 54.0 Å². The maximum Gasteiger partial charge on any atom is 0.161 e. The van der Waals surface area contributed by atoms with Crippen molar-refractivity contribution >= 4 is 0 Å². The number of nitrogens with zero attached hydrogens (tertiary/aromatic N) is 1. The number of aliphatic hydroxyl groups excluding tert-OH is 1. The highest BCUT2D eigenvalue weighted by molar-refractivity contribution is 5.42. The van der Waals surface area contributed by atoms with E-state index in [9.17, 15) is 5.11 Å². The van der Waals surface area contributed by atoms with Crippen LogP contribution in [0.2, 0.25) is 0 Å². The van der Waals surface area contributed by atoms with Gasteiger partial charge < -0.3 is 19.9 Å². The van der Waals surface area contributed by atoms with Gasteiger partial charge >= 0.3 is 0 Å². The number of rotatable bonds is 7. The molecule has 2 N–H and O–H groups in total. The van der Waals surface area contributed by atoms with Gasteiger partial charge in [-0.15, -0.1) is 0 Å². The summed E-state index contributed by atoms with van der Waals surface area (Å²) in [6.07, 6.45) is 0.473. The van der Waals surface area contributed by atoms with Crippen molar-refractivity contribution in [2.24, 2.45) is 0 Å². The van der Waals surface area contributed by atoms with Crippen molar-refractivity contribution in [3.8, 4) is 11.5 Å². The molecule has 118 valence electrons. The summed E-state index contributed by atoms with van der Waals surface area (Å²) < 4.78 is 11.1. The van der Waals surface area contributed by atoms with Crippen LogP contribution < -0.4 is 14.8 Å². The fourth-order valence-electron chi connectivity index (χ4n) is 2.48. The highest BCUT2D eigenvalue weighted by Gasteiger charge is 2.15. The predicted octanol–water partition coefficient (Wildman–Crippen LogP) is 0.903. The third-order valence-corrected chi connectivity index (χ3v) is 3.75. The van der Waals surface area contributed by atoms with Gasteiger partial charge in [-0.1, -0.05) is 13.0 Å². The molecule has 0 amide bonds. The zero-order chi connectivity index (χ0) is 15.1. The summed E-state index contributed by atoms with van der Waals surface area (Å²) in [6, 6.07) is 5.92. The highest BCUT2D eigenvalue weighted by Crippen LogP contribution is 2.28. The van der Waals surface area contributed by atoms with Crippen LogP contribution in [0.1, 0.15) is 12.5 Å². The normalized spacial score (nSPS) is 17.5. The summed E-state index contributed by atoms with van der Waals surface area (Å²) in [6.45, 7) is 6.96. The number of β-amino-alcohol motifs (C(OH)–C–C–N with tert-alkyl or cyclic N) is 1. The second-order valence-corrected chi connectivity index (χ2v) is 5.35. The van der Waals surface area contributed by atoms with E-state index in [1.54, 1.807) is 7.11 Å². The molecular formula is C16H26N2O3. The molecule has 21 heavy (non-hydrogen) atoms. The van der Waals surface area contributed by atoms with E-state index in [-0.39, 0.29) is 6.61 Å². The van der Waals surface area contributed by atoms with Crippen molar-refractivity contribution in [3.05, 3.63) is 23.8 Å². The SMILES string of the molecule is CCc1ccc(OCC(O)CN2CCNCC2)c(OC)c1. The smallest absolute Gasteiger partial charge is 0.161 e. The molecule has 1 fully saturated rings. The van der Waals surface area contributed by atoms with Gasteiger partial charge in [0, 0.05) is 32.7 Å². The molecule has 1 unspecified atom stereocenters.